The predicted molar refractivity (Wildman–Crippen MR) is 78.1 cm³/mol. The lowest BCUT2D eigenvalue weighted by atomic mass is 10.1. The number of piperazine rings is 1. The molecule has 0 spiro atoms. The Labute approximate surface area is 117 Å². The summed E-state index contributed by atoms with van der Waals surface area (Å²) in [6.07, 6.45) is 4.22. The molecule has 1 amide bonds. The van der Waals surface area contributed by atoms with Crippen LogP contribution in [0.2, 0.25) is 0 Å². The average Bonchev–Trinajstić information content (AvgIpc) is 2.80. The Morgan fingerprint density at radius 3 is 2.89 bits per heavy atom. The van der Waals surface area contributed by atoms with Crippen molar-refractivity contribution < 1.29 is 4.79 Å². The van der Waals surface area contributed by atoms with Gasteiger partial charge in [-0.3, -0.25) is 9.69 Å². The van der Waals surface area contributed by atoms with E-state index in [2.05, 4.69) is 35.9 Å². The zero-order valence-electron chi connectivity index (χ0n) is 12.7. The highest BCUT2D eigenvalue weighted by Crippen LogP contribution is 2.25. The number of nitrogens with one attached hydrogen (secondary N) is 1. The van der Waals surface area contributed by atoms with Crippen LogP contribution in [-0.4, -0.2) is 60.0 Å². The van der Waals surface area contributed by atoms with Crippen molar-refractivity contribution in [3.8, 4) is 0 Å². The first kappa shape index (κ1) is 14.8. The van der Waals surface area contributed by atoms with Gasteiger partial charge in [-0.25, -0.2) is 0 Å². The number of nitrogens with zero attached hydrogens (tertiary/aromatic N) is 2. The van der Waals surface area contributed by atoms with Crippen LogP contribution in [0, 0.1) is 0 Å². The molecule has 2 saturated heterocycles. The molecule has 4 heteroatoms. The van der Waals surface area contributed by atoms with Crippen LogP contribution in [0.5, 0.6) is 0 Å². The molecule has 0 radical (unpaired) electrons. The number of fused-ring (bicyclic) bond motifs is 1. The summed E-state index contributed by atoms with van der Waals surface area (Å²) in [7, 11) is 0. The second-order valence-corrected chi connectivity index (χ2v) is 6.40. The summed E-state index contributed by atoms with van der Waals surface area (Å²) in [6, 6.07) is 1.53. The number of hydrogen-bond donors (Lipinski definition) is 1. The van der Waals surface area contributed by atoms with Crippen molar-refractivity contribution in [2.75, 3.05) is 26.2 Å². The maximum Gasteiger partial charge on any atom is 0.222 e. The van der Waals surface area contributed by atoms with Crippen molar-refractivity contribution in [3.05, 3.63) is 0 Å². The van der Waals surface area contributed by atoms with Crippen molar-refractivity contribution in [2.24, 2.45) is 0 Å². The first-order chi connectivity index (χ1) is 9.08. The van der Waals surface area contributed by atoms with Gasteiger partial charge in [0.15, 0.2) is 0 Å². The van der Waals surface area contributed by atoms with Gasteiger partial charge in [-0.1, -0.05) is 13.8 Å². The van der Waals surface area contributed by atoms with Gasteiger partial charge in [-0.2, -0.15) is 0 Å². The van der Waals surface area contributed by atoms with E-state index in [1.807, 2.05) is 0 Å². The largest absolute Gasteiger partial charge is 0.337 e. The second kappa shape index (κ2) is 6.71. The van der Waals surface area contributed by atoms with Gasteiger partial charge < -0.3 is 10.2 Å². The molecule has 2 fully saturated rings. The van der Waals surface area contributed by atoms with E-state index in [1.54, 1.807) is 0 Å². The minimum Gasteiger partial charge on any atom is -0.337 e. The molecule has 110 valence electrons. The number of hydrogen-bond acceptors (Lipinski definition) is 3. The Morgan fingerprint density at radius 1 is 1.37 bits per heavy atom. The number of amides is 1. The van der Waals surface area contributed by atoms with E-state index in [1.165, 1.54) is 19.4 Å². The van der Waals surface area contributed by atoms with E-state index in [0.717, 1.165) is 26.1 Å². The van der Waals surface area contributed by atoms with Crippen LogP contribution in [0.15, 0.2) is 0 Å². The molecule has 4 nitrogen and oxygen atoms in total. The van der Waals surface area contributed by atoms with Gasteiger partial charge in [-0.05, 0) is 39.3 Å². The quantitative estimate of drug-likeness (QED) is 0.766. The summed E-state index contributed by atoms with van der Waals surface area (Å²) in [5.41, 5.74) is 0. The topological polar surface area (TPSA) is 35.6 Å². The average molecular weight is 267 g/mol. The Bertz CT molecular complexity index is 306. The molecule has 0 aromatic heterocycles. The van der Waals surface area contributed by atoms with E-state index < -0.39 is 0 Å². The Balaban J connectivity index is 1.75. The van der Waals surface area contributed by atoms with Gasteiger partial charge in [-0.15, -0.1) is 0 Å². The fourth-order valence-electron chi connectivity index (χ4n) is 3.31. The highest BCUT2D eigenvalue weighted by Gasteiger charge is 2.35. The molecular weight excluding hydrogens is 238 g/mol. The minimum absolute atomic E-state index is 0.351. The summed E-state index contributed by atoms with van der Waals surface area (Å²) in [6.45, 7) is 10.7. The highest BCUT2D eigenvalue weighted by atomic mass is 16.2. The molecule has 0 aliphatic carbocycles. The molecular formula is C15H29N3O. The van der Waals surface area contributed by atoms with Crippen molar-refractivity contribution in [3.63, 3.8) is 0 Å². The zero-order valence-corrected chi connectivity index (χ0v) is 12.7. The van der Waals surface area contributed by atoms with Crippen molar-refractivity contribution in [1.29, 1.82) is 0 Å². The van der Waals surface area contributed by atoms with E-state index in [-0.39, 0.29) is 0 Å². The Morgan fingerprint density at radius 2 is 2.16 bits per heavy atom. The molecule has 2 rings (SSSR count). The van der Waals surface area contributed by atoms with Crippen molar-refractivity contribution in [2.45, 2.75) is 64.6 Å². The lowest BCUT2D eigenvalue weighted by Crippen LogP contribution is -2.56. The number of carbonyl (C=O) groups excluding carboxylic acids is 1. The molecule has 1 N–H and O–H groups in total. The third kappa shape index (κ3) is 3.93. The van der Waals surface area contributed by atoms with Crippen LogP contribution in [0.3, 0.4) is 0 Å². The Hall–Kier alpha value is -0.610. The summed E-state index contributed by atoms with van der Waals surface area (Å²) in [5, 5.41) is 3.37. The third-order valence-corrected chi connectivity index (χ3v) is 4.38. The summed E-state index contributed by atoms with van der Waals surface area (Å²) in [4.78, 5) is 17.0. The third-order valence-electron chi connectivity index (χ3n) is 4.38. The van der Waals surface area contributed by atoms with Crippen LogP contribution in [0.1, 0.15) is 46.5 Å². The van der Waals surface area contributed by atoms with Crippen molar-refractivity contribution >= 4 is 5.91 Å². The van der Waals surface area contributed by atoms with E-state index in [9.17, 15) is 4.79 Å². The van der Waals surface area contributed by atoms with Gasteiger partial charge in [0.1, 0.15) is 0 Å². The molecule has 19 heavy (non-hydrogen) atoms. The second-order valence-electron chi connectivity index (χ2n) is 6.40. The maximum absolute atomic E-state index is 12.3. The highest BCUT2D eigenvalue weighted by molar-refractivity contribution is 5.76. The first-order valence-electron chi connectivity index (χ1n) is 7.85. The zero-order chi connectivity index (χ0) is 13.8. The lowest BCUT2D eigenvalue weighted by molar-refractivity contribution is -0.136. The molecule has 2 atom stereocenters. The van der Waals surface area contributed by atoms with Crippen LogP contribution in [-0.2, 0) is 4.79 Å². The summed E-state index contributed by atoms with van der Waals surface area (Å²) >= 11 is 0. The molecule has 2 aliphatic heterocycles. The number of carbonyl (C=O) groups is 1. The smallest absolute Gasteiger partial charge is 0.222 e. The van der Waals surface area contributed by atoms with E-state index >= 15 is 0 Å². The standard InChI is InChI=1S/C15H29N3O/c1-12(2)16-8-4-7-15(19)18-11-14-6-5-9-17(14)10-13(18)3/h12-14,16H,4-11H2,1-3H3. The van der Waals surface area contributed by atoms with Gasteiger partial charge in [0.25, 0.3) is 0 Å². The van der Waals surface area contributed by atoms with E-state index in [0.29, 0.717) is 30.5 Å². The van der Waals surface area contributed by atoms with Crippen LogP contribution in [0.4, 0.5) is 0 Å². The fraction of sp³-hybridized carbons (Fsp3) is 0.933. The van der Waals surface area contributed by atoms with Crippen molar-refractivity contribution in [1.82, 2.24) is 15.1 Å². The Kier molecular flexibility index (Phi) is 5.22. The normalized spacial score (nSPS) is 27.9. The SMILES string of the molecule is CC(C)NCCCC(=O)N1CC2CCCN2CC1C. The lowest BCUT2D eigenvalue weighted by Gasteiger charge is -2.42. The summed E-state index contributed by atoms with van der Waals surface area (Å²) in [5.74, 6) is 0.351. The van der Waals surface area contributed by atoms with E-state index in [4.69, 9.17) is 0 Å². The molecule has 2 heterocycles. The summed E-state index contributed by atoms with van der Waals surface area (Å²) < 4.78 is 0. The molecule has 0 saturated carbocycles. The maximum atomic E-state index is 12.3. The van der Waals surface area contributed by atoms with Gasteiger partial charge >= 0.3 is 0 Å². The first-order valence-corrected chi connectivity index (χ1v) is 7.85. The molecule has 0 aromatic carbocycles. The predicted octanol–water partition coefficient (Wildman–Crippen LogP) is 1.46. The molecule has 0 aromatic rings. The van der Waals surface area contributed by atoms with Crippen LogP contribution in [0.25, 0.3) is 0 Å². The minimum atomic E-state index is 0.351. The molecule has 0 bridgehead atoms. The van der Waals surface area contributed by atoms with Crippen LogP contribution >= 0.6 is 0 Å². The number of rotatable bonds is 5. The van der Waals surface area contributed by atoms with Gasteiger partial charge in [0.05, 0.1) is 0 Å². The monoisotopic (exact) mass is 267 g/mol. The fourth-order valence-corrected chi connectivity index (χ4v) is 3.31. The van der Waals surface area contributed by atoms with Crippen LogP contribution < -0.4 is 5.32 Å². The van der Waals surface area contributed by atoms with Gasteiger partial charge in [0, 0.05) is 37.6 Å². The molecule has 2 unspecified atom stereocenters. The molecule has 2 aliphatic rings. The van der Waals surface area contributed by atoms with Gasteiger partial charge in [0.2, 0.25) is 5.91 Å².